The van der Waals surface area contributed by atoms with Gasteiger partial charge in [0.1, 0.15) is 0 Å². The first kappa shape index (κ1) is 7.81. The van der Waals surface area contributed by atoms with Crippen LogP contribution in [0.4, 0.5) is 0 Å². The van der Waals surface area contributed by atoms with Gasteiger partial charge in [0.25, 0.3) is 0 Å². The van der Waals surface area contributed by atoms with Crippen LogP contribution >= 0.6 is 0 Å². The Hall–Kier alpha value is -0.820. The molecule has 63 valence electrons. The molecule has 1 unspecified atom stereocenters. The zero-order valence-electron chi connectivity index (χ0n) is 7.16. The molecule has 1 aliphatic rings. The van der Waals surface area contributed by atoms with Crippen LogP contribution < -0.4 is 5.32 Å². The van der Waals surface area contributed by atoms with Crippen LogP contribution in [-0.4, -0.2) is 6.54 Å². The fourth-order valence-corrected chi connectivity index (χ4v) is 1.68. The topological polar surface area (TPSA) is 12.0 Å². The average Bonchev–Trinajstić information content (AvgIpc) is 2.21. The summed E-state index contributed by atoms with van der Waals surface area (Å²) in [5.74, 6) is 0. The molecule has 0 aromatic heterocycles. The van der Waals surface area contributed by atoms with Crippen LogP contribution in [-0.2, 0) is 0 Å². The minimum atomic E-state index is 0.580. The van der Waals surface area contributed by atoms with Crippen molar-refractivity contribution in [1.82, 2.24) is 5.32 Å². The summed E-state index contributed by atoms with van der Waals surface area (Å²) in [4.78, 5) is 0. The largest absolute Gasteiger partial charge is 0.310 e. The molecule has 0 saturated carbocycles. The number of hydrogen-bond acceptors (Lipinski definition) is 1. The Morgan fingerprint density at radius 2 is 2.00 bits per heavy atom. The van der Waals surface area contributed by atoms with Gasteiger partial charge in [0.2, 0.25) is 0 Å². The Kier molecular flexibility index (Phi) is 2.42. The van der Waals surface area contributed by atoms with Crippen molar-refractivity contribution in [2.75, 3.05) is 6.54 Å². The molecule has 1 aromatic rings. The molecule has 0 spiro atoms. The molecule has 1 heteroatoms. The lowest BCUT2D eigenvalue weighted by atomic mass is 9.98. The molecule has 1 aromatic carbocycles. The Balaban J connectivity index is 2.08. The minimum Gasteiger partial charge on any atom is -0.310 e. The summed E-state index contributed by atoms with van der Waals surface area (Å²) in [7, 11) is 0. The number of benzene rings is 1. The van der Waals surface area contributed by atoms with Gasteiger partial charge in [-0.05, 0) is 31.4 Å². The molecule has 0 bridgehead atoms. The molecule has 0 aliphatic carbocycles. The molecule has 1 heterocycles. The van der Waals surface area contributed by atoms with Gasteiger partial charge in [-0.2, -0.15) is 0 Å². The molecule has 12 heavy (non-hydrogen) atoms. The van der Waals surface area contributed by atoms with E-state index in [1.54, 1.807) is 0 Å². The Labute approximate surface area is 73.8 Å². The van der Waals surface area contributed by atoms with Crippen LogP contribution in [0.1, 0.15) is 24.4 Å². The Bertz CT molecular complexity index is 224. The zero-order chi connectivity index (χ0) is 8.23. The van der Waals surface area contributed by atoms with Crippen molar-refractivity contribution in [1.29, 1.82) is 0 Å². The van der Waals surface area contributed by atoms with Crippen LogP contribution in [0.2, 0.25) is 0 Å². The van der Waals surface area contributed by atoms with Crippen molar-refractivity contribution in [2.45, 2.75) is 18.9 Å². The molecular formula is C11H14N. The van der Waals surface area contributed by atoms with Gasteiger partial charge in [0.05, 0.1) is 0 Å². The third-order valence-corrected chi connectivity index (χ3v) is 2.37. The molecule has 1 nitrogen and oxygen atoms in total. The van der Waals surface area contributed by atoms with Gasteiger partial charge in [0, 0.05) is 6.04 Å². The molecule has 1 aliphatic heterocycles. The van der Waals surface area contributed by atoms with Crippen molar-refractivity contribution in [3.8, 4) is 0 Å². The van der Waals surface area contributed by atoms with Gasteiger partial charge in [-0.1, -0.05) is 30.3 Å². The molecular weight excluding hydrogens is 146 g/mol. The van der Waals surface area contributed by atoms with Crippen LogP contribution in [0.15, 0.2) is 30.3 Å². The predicted octanol–water partition coefficient (Wildman–Crippen LogP) is 2.32. The second-order valence-corrected chi connectivity index (χ2v) is 3.24. The molecule has 1 atom stereocenters. The van der Waals surface area contributed by atoms with E-state index in [4.69, 9.17) is 0 Å². The highest BCUT2D eigenvalue weighted by atomic mass is 14.9. The van der Waals surface area contributed by atoms with Crippen LogP contribution in [0.25, 0.3) is 0 Å². The lowest BCUT2D eigenvalue weighted by molar-refractivity contribution is 0.468. The smallest absolute Gasteiger partial charge is 0.0320 e. The van der Waals surface area contributed by atoms with E-state index >= 15 is 0 Å². The van der Waals surface area contributed by atoms with E-state index in [1.165, 1.54) is 18.4 Å². The van der Waals surface area contributed by atoms with Gasteiger partial charge >= 0.3 is 0 Å². The molecule has 1 saturated heterocycles. The summed E-state index contributed by atoms with van der Waals surface area (Å²) in [5, 5.41) is 3.48. The first-order valence-electron chi connectivity index (χ1n) is 4.57. The predicted molar refractivity (Wildman–Crippen MR) is 50.7 cm³/mol. The third kappa shape index (κ3) is 1.67. The number of hydrogen-bond donors (Lipinski definition) is 1. The van der Waals surface area contributed by atoms with Crippen molar-refractivity contribution >= 4 is 0 Å². The van der Waals surface area contributed by atoms with E-state index in [9.17, 15) is 0 Å². The summed E-state index contributed by atoms with van der Waals surface area (Å²) in [6, 6.07) is 11.3. The number of piperidine rings is 1. The molecule has 1 fully saturated rings. The van der Waals surface area contributed by atoms with Crippen molar-refractivity contribution < 1.29 is 0 Å². The van der Waals surface area contributed by atoms with Crippen LogP contribution in [0, 0.1) is 6.42 Å². The van der Waals surface area contributed by atoms with Gasteiger partial charge < -0.3 is 5.32 Å². The summed E-state index contributed by atoms with van der Waals surface area (Å²) in [6.07, 6.45) is 4.79. The maximum atomic E-state index is 3.48. The zero-order valence-corrected chi connectivity index (χ0v) is 7.16. The molecule has 0 amide bonds. The maximum absolute atomic E-state index is 3.48. The second-order valence-electron chi connectivity index (χ2n) is 3.24. The quantitative estimate of drug-likeness (QED) is 0.664. The standard InChI is InChI=1S/C11H14N/c1-2-6-10(7-3-1)11-8-4-5-9-12-11/h1-3,5-7,11-12H,4,8-9H2. The van der Waals surface area contributed by atoms with Crippen molar-refractivity contribution in [2.24, 2.45) is 0 Å². The minimum absolute atomic E-state index is 0.580. The van der Waals surface area contributed by atoms with E-state index in [-0.39, 0.29) is 0 Å². The van der Waals surface area contributed by atoms with Gasteiger partial charge in [-0.15, -0.1) is 0 Å². The first-order valence-corrected chi connectivity index (χ1v) is 4.57. The van der Waals surface area contributed by atoms with Crippen LogP contribution in [0.3, 0.4) is 0 Å². The molecule has 1 radical (unpaired) electrons. The Morgan fingerprint density at radius 1 is 1.17 bits per heavy atom. The average molecular weight is 160 g/mol. The maximum Gasteiger partial charge on any atom is 0.0320 e. The highest BCUT2D eigenvalue weighted by molar-refractivity contribution is 5.19. The van der Waals surface area contributed by atoms with Crippen molar-refractivity contribution in [3.63, 3.8) is 0 Å². The lowest BCUT2D eigenvalue weighted by Gasteiger charge is -2.23. The van der Waals surface area contributed by atoms with Gasteiger partial charge in [-0.3, -0.25) is 0 Å². The van der Waals surface area contributed by atoms with E-state index in [0.717, 1.165) is 6.54 Å². The number of rotatable bonds is 1. The normalized spacial score (nSPS) is 23.8. The van der Waals surface area contributed by atoms with Crippen LogP contribution in [0.5, 0.6) is 0 Å². The second kappa shape index (κ2) is 3.72. The van der Waals surface area contributed by atoms with E-state index in [2.05, 4.69) is 42.1 Å². The SMILES string of the molecule is [CH]1CCC(c2ccccc2)NC1. The molecule has 1 N–H and O–H groups in total. The summed E-state index contributed by atoms with van der Waals surface area (Å²) >= 11 is 0. The first-order chi connectivity index (χ1) is 5.97. The van der Waals surface area contributed by atoms with E-state index < -0.39 is 0 Å². The third-order valence-electron chi connectivity index (χ3n) is 2.37. The van der Waals surface area contributed by atoms with E-state index in [1.807, 2.05) is 0 Å². The van der Waals surface area contributed by atoms with Gasteiger partial charge in [-0.25, -0.2) is 0 Å². The number of nitrogens with one attached hydrogen (secondary N) is 1. The molecule has 2 rings (SSSR count). The summed E-state index contributed by atoms with van der Waals surface area (Å²) in [5.41, 5.74) is 1.42. The Morgan fingerprint density at radius 3 is 2.67 bits per heavy atom. The van der Waals surface area contributed by atoms with Gasteiger partial charge in [0.15, 0.2) is 0 Å². The lowest BCUT2D eigenvalue weighted by Crippen LogP contribution is -2.26. The van der Waals surface area contributed by atoms with E-state index in [0.29, 0.717) is 6.04 Å². The highest BCUT2D eigenvalue weighted by Gasteiger charge is 2.13. The monoisotopic (exact) mass is 160 g/mol. The summed E-state index contributed by atoms with van der Waals surface area (Å²) < 4.78 is 0. The van der Waals surface area contributed by atoms with Crippen molar-refractivity contribution in [3.05, 3.63) is 42.3 Å². The highest BCUT2D eigenvalue weighted by Crippen LogP contribution is 2.21. The fourth-order valence-electron chi connectivity index (χ4n) is 1.68. The summed E-state index contributed by atoms with van der Waals surface area (Å²) in [6.45, 7) is 1.06. The fraction of sp³-hybridized carbons (Fsp3) is 0.364.